The van der Waals surface area contributed by atoms with Crippen LogP contribution in [0.3, 0.4) is 0 Å². The summed E-state index contributed by atoms with van der Waals surface area (Å²) in [6.45, 7) is 2.47. The van der Waals surface area contributed by atoms with Gasteiger partial charge in [0, 0.05) is 24.2 Å². The zero-order valence-corrected chi connectivity index (χ0v) is 11.3. The van der Waals surface area contributed by atoms with Crippen molar-refractivity contribution < 1.29 is 4.79 Å². The van der Waals surface area contributed by atoms with Gasteiger partial charge in [0.1, 0.15) is 5.69 Å². The molecule has 100 valence electrons. The average molecular weight is 265 g/mol. The van der Waals surface area contributed by atoms with Crippen molar-refractivity contribution in [3.63, 3.8) is 0 Å². The smallest absolute Gasteiger partial charge is 0.183 e. The number of nitrogens with zero attached hydrogens (tertiary/aromatic N) is 3. The molecule has 20 heavy (non-hydrogen) atoms. The molecule has 0 spiro atoms. The average Bonchev–Trinajstić information content (AvgIpc) is 2.87. The standard InChI is InChI=1S/C16H15N3O/c1-2-15(20)16-13-7-3-4-8-14(13)19(18-16)11-12-6-5-9-17-10-12/h3-10H,2,11H2,1H3. The van der Waals surface area contributed by atoms with Gasteiger partial charge in [0.15, 0.2) is 5.78 Å². The summed E-state index contributed by atoms with van der Waals surface area (Å²) in [6, 6.07) is 11.7. The van der Waals surface area contributed by atoms with E-state index in [-0.39, 0.29) is 5.78 Å². The van der Waals surface area contributed by atoms with Crippen LogP contribution in [0.2, 0.25) is 0 Å². The Kier molecular flexibility index (Phi) is 3.29. The van der Waals surface area contributed by atoms with E-state index in [1.54, 1.807) is 6.20 Å². The van der Waals surface area contributed by atoms with E-state index >= 15 is 0 Å². The Labute approximate surface area is 117 Å². The summed E-state index contributed by atoms with van der Waals surface area (Å²) in [5.74, 6) is 0.0751. The van der Waals surface area contributed by atoms with Crippen molar-refractivity contribution in [1.82, 2.24) is 14.8 Å². The number of rotatable bonds is 4. The Morgan fingerprint density at radius 2 is 2.05 bits per heavy atom. The molecule has 3 rings (SSSR count). The monoisotopic (exact) mass is 265 g/mol. The molecule has 4 heteroatoms. The van der Waals surface area contributed by atoms with Crippen LogP contribution >= 0.6 is 0 Å². The maximum Gasteiger partial charge on any atom is 0.183 e. The minimum absolute atomic E-state index is 0.0751. The van der Waals surface area contributed by atoms with Crippen LogP contribution in [0, 0.1) is 0 Å². The summed E-state index contributed by atoms with van der Waals surface area (Å²) in [5, 5.41) is 5.41. The molecule has 4 nitrogen and oxygen atoms in total. The van der Waals surface area contributed by atoms with E-state index in [1.165, 1.54) is 0 Å². The van der Waals surface area contributed by atoms with E-state index in [2.05, 4.69) is 10.1 Å². The van der Waals surface area contributed by atoms with E-state index in [0.717, 1.165) is 16.5 Å². The lowest BCUT2D eigenvalue weighted by Gasteiger charge is -2.02. The van der Waals surface area contributed by atoms with Gasteiger partial charge >= 0.3 is 0 Å². The molecule has 0 bridgehead atoms. The Hall–Kier alpha value is -2.49. The number of fused-ring (bicyclic) bond motifs is 1. The zero-order chi connectivity index (χ0) is 13.9. The number of aromatic nitrogens is 3. The van der Waals surface area contributed by atoms with Gasteiger partial charge in [-0.2, -0.15) is 5.10 Å². The van der Waals surface area contributed by atoms with Gasteiger partial charge in [-0.15, -0.1) is 0 Å². The Morgan fingerprint density at radius 3 is 2.80 bits per heavy atom. The highest BCUT2D eigenvalue weighted by atomic mass is 16.1. The molecule has 0 saturated heterocycles. The molecule has 3 aromatic rings. The third-order valence-corrected chi connectivity index (χ3v) is 3.30. The van der Waals surface area contributed by atoms with Gasteiger partial charge in [-0.25, -0.2) is 0 Å². The zero-order valence-electron chi connectivity index (χ0n) is 11.3. The van der Waals surface area contributed by atoms with Crippen LogP contribution in [0.5, 0.6) is 0 Å². The number of para-hydroxylation sites is 1. The number of carbonyl (C=O) groups excluding carboxylic acids is 1. The van der Waals surface area contributed by atoms with Gasteiger partial charge in [-0.3, -0.25) is 14.5 Å². The van der Waals surface area contributed by atoms with Crippen LogP contribution in [-0.2, 0) is 6.54 Å². The van der Waals surface area contributed by atoms with Crippen molar-refractivity contribution in [2.24, 2.45) is 0 Å². The van der Waals surface area contributed by atoms with Gasteiger partial charge < -0.3 is 0 Å². The fourth-order valence-electron chi connectivity index (χ4n) is 2.29. The quantitative estimate of drug-likeness (QED) is 0.681. The summed E-state index contributed by atoms with van der Waals surface area (Å²) in [5.41, 5.74) is 2.61. The van der Waals surface area contributed by atoms with Gasteiger partial charge in [-0.1, -0.05) is 31.2 Å². The highest BCUT2D eigenvalue weighted by Crippen LogP contribution is 2.20. The minimum atomic E-state index is 0.0751. The van der Waals surface area contributed by atoms with Gasteiger partial charge in [-0.05, 0) is 17.7 Å². The number of hydrogen-bond acceptors (Lipinski definition) is 3. The third-order valence-electron chi connectivity index (χ3n) is 3.30. The first-order valence-corrected chi connectivity index (χ1v) is 6.67. The molecule has 0 amide bonds. The van der Waals surface area contributed by atoms with Crippen LogP contribution in [0.4, 0.5) is 0 Å². The maximum atomic E-state index is 12.0. The summed E-state index contributed by atoms with van der Waals surface area (Å²) in [4.78, 5) is 16.1. The van der Waals surface area contributed by atoms with Gasteiger partial charge in [0.2, 0.25) is 0 Å². The SMILES string of the molecule is CCC(=O)c1nn(Cc2cccnc2)c2ccccc12. The number of pyridine rings is 1. The second-order valence-electron chi connectivity index (χ2n) is 4.66. The minimum Gasteiger partial charge on any atom is -0.292 e. The van der Waals surface area contributed by atoms with E-state index in [4.69, 9.17) is 0 Å². The molecule has 0 aliphatic heterocycles. The van der Waals surface area contributed by atoms with Crippen LogP contribution < -0.4 is 0 Å². The van der Waals surface area contributed by atoms with Crippen molar-refractivity contribution >= 4 is 16.7 Å². The van der Waals surface area contributed by atoms with Crippen LogP contribution in [0.1, 0.15) is 29.4 Å². The van der Waals surface area contributed by atoms with Crippen LogP contribution in [-0.4, -0.2) is 20.5 Å². The molecular weight excluding hydrogens is 250 g/mol. The van der Waals surface area contributed by atoms with Crippen molar-refractivity contribution in [2.45, 2.75) is 19.9 Å². The van der Waals surface area contributed by atoms with E-state index < -0.39 is 0 Å². The van der Waals surface area contributed by atoms with Crippen molar-refractivity contribution in [2.75, 3.05) is 0 Å². The first kappa shape index (κ1) is 12.5. The lowest BCUT2D eigenvalue weighted by atomic mass is 10.1. The molecule has 0 radical (unpaired) electrons. The molecule has 0 atom stereocenters. The second-order valence-corrected chi connectivity index (χ2v) is 4.66. The molecule has 0 aliphatic carbocycles. The molecule has 2 heterocycles. The molecule has 0 aliphatic rings. The topological polar surface area (TPSA) is 47.8 Å². The summed E-state index contributed by atoms with van der Waals surface area (Å²) < 4.78 is 1.87. The normalized spacial score (nSPS) is 10.8. The molecule has 1 aromatic carbocycles. The van der Waals surface area contributed by atoms with E-state index in [1.807, 2.05) is 54.2 Å². The van der Waals surface area contributed by atoms with Crippen LogP contribution in [0.25, 0.3) is 10.9 Å². The molecule has 2 aromatic heterocycles. The van der Waals surface area contributed by atoms with Crippen LogP contribution in [0.15, 0.2) is 48.8 Å². The molecule has 0 N–H and O–H groups in total. The number of Topliss-reactive ketones (excluding diaryl/α,β-unsaturated/α-hetero) is 1. The lowest BCUT2D eigenvalue weighted by Crippen LogP contribution is -2.04. The fraction of sp³-hybridized carbons (Fsp3) is 0.188. The number of benzene rings is 1. The number of ketones is 1. The molecule has 0 unspecified atom stereocenters. The first-order chi connectivity index (χ1) is 9.79. The van der Waals surface area contributed by atoms with E-state index in [9.17, 15) is 4.79 Å². The first-order valence-electron chi connectivity index (χ1n) is 6.67. The van der Waals surface area contributed by atoms with E-state index in [0.29, 0.717) is 18.7 Å². The van der Waals surface area contributed by atoms with Gasteiger partial charge in [0.05, 0.1) is 12.1 Å². The summed E-state index contributed by atoms with van der Waals surface area (Å²) in [6.07, 6.45) is 4.03. The number of carbonyl (C=O) groups is 1. The third kappa shape index (κ3) is 2.20. The van der Waals surface area contributed by atoms with Crippen molar-refractivity contribution in [3.05, 3.63) is 60.0 Å². The van der Waals surface area contributed by atoms with Crippen molar-refractivity contribution in [3.8, 4) is 0 Å². The second kappa shape index (κ2) is 5.25. The molecule has 0 fully saturated rings. The predicted molar refractivity (Wildman–Crippen MR) is 77.7 cm³/mol. The lowest BCUT2D eigenvalue weighted by molar-refractivity contribution is 0.0984. The number of hydrogen-bond donors (Lipinski definition) is 0. The summed E-state index contributed by atoms with van der Waals surface area (Å²) >= 11 is 0. The Morgan fingerprint density at radius 1 is 1.20 bits per heavy atom. The maximum absolute atomic E-state index is 12.0. The molecule has 0 saturated carbocycles. The highest BCUT2D eigenvalue weighted by Gasteiger charge is 2.15. The summed E-state index contributed by atoms with van der Waals surface area (Å²) in [7, 11) is 0. The van der Waals surface area contributed by atoms with Crippen molar-refractivity contribution in [1.29, 1.82) is 0 Å². The fourth-order valence-corrected chi connectivity index (χ4v) is 2.29. The Bertz CT molecular complexity index is 747. The highest BCUT2D eigenvalue weighted by molar-refractivity contribution is 6.05. The predicted octanol–water partition coefficient (Wildman–Crippen LogP) is 3.07. The Balaban J connectivity index is 2.09. The van der Waals surface area contributed by atoms with Gasteiger partial charge in [0.25, 0.3) is 0 Å². The molecular formula is C16H15N3O. The largest absolute Gasteiger partial charge is 0.292 e.